The number of hydrogen-bond donors (Lipinski definition) is 3. The van der Waals surface area contributed by atoms with E-state index in [0.29, 0.717) is 28.9 Å². The lowest BCUT2D eigenvalue weighted by molar-refractivity contribution is -0.331. The molecular weight excluding hydrogens is 521 g/mol. The van der Waals surface area contributed by atoms with Crippen molar-refractivity contribution >= 4 is 52.1 Å². The minimum atomic E-state index is -4.82. The van der Waals surface area contributed by atoms with Crippen LogP contribution in [0.25, 0.3) is 11.0 Å². The Hall–Kier alpha value is -3.10. The second kappa shape index (κ2) is 12.2. The summed E-state index contributed by atoms with van der Waals surface area (Å²) in [7, 11) is 0. The molecule has 3 aromatic rings. The van der Waals surface area contributed by atoms with Crippen LogP contribution in [0.4, 0.5) is 13.2 Å². The van der Waals surface area contributed by atoms with E-state index in [9.17, 15) is 18.0 Å². The van der Waals surface area contributed by atoms with E-state index in [1.165, 1.54) is 23.9 Å². The standard InChI is InChI=1S/C20H21F3N8O2S.CH3Cl/c21-20(22,23)33-9-16-30-14-8-27-13(17(25)28-10-24)7-15(14)31(16)12-3-1-2-11(6-12)29-18(32)19-26-4-5-34-19;1-2/h4-5,7-8,10-12H,1-3,6,9H2,(H,29,32)(H3,24,25,28);1H3. The number of rotatable bonds is 7. The molecule has 10 nitrogen and oxygen atoms in total. The number of ether oxygens (including phenoxy) is 1. The summed E-state index contributed by atoms with van der Waals surface area (Å²) in [5, 5.41) is 12.1. The van der Waals surface area contributed by atoms with E-state index < -0.39 is 13.0 Å². The van der Waals surface area contributed by atoms with Crippen LogP contribution in [0.5, 0.6) is 0 Å². The predicted molar refractivity (Wildman–Crippen MR) is 131 cm³/mol. The van der Waals surface area contributed by atoms with Gasteiger partial charge in [-0.15, -0.1) is 36.1 Å². The number of carbonyl (C=O) groups excluding carboxylic acids is 1. The van der Waals surface area contributed by atoms with Crippen LogP contribution in [0.2, 0.25) is 0 Å². The lowest BCUT2D eigenvalue weighted by Gasteiger charge is -2.32. The smallest absolute Gasteiger partial charge is 0.382 e. The maximum absolute atomic E-state index is 12.8. The fraction of sp³-hybridized carbons (Fsp3) is 0.429. The molecule has 0 bridgehead atoms. The van der Waals surface area contributed by atoms with Crippen LogP contribution < -0.4 is 11.1 Å². The van der Waals surface area contributed by atoms with Crippen molar-refractivity contribution in [3.63, 3.8) is 0 Å². The quantitative estimate of drug-likeness (QED) is 0.233. The molecule has 0 radical (unpaired) electrons. The number of alkyl halides is 4. The number of fused-ring (bicyclic) bond motifs is 1. The number of pyridine rings is 1. The van der Waals surface area contributed by atoms with Crippen molar-refractivity contribution in [2.45, 2.75) is 50.7 Å². The topological polar surface area (TPSA) is 144 Å². The number of imidazole rings is 1. The average Bonchev–Trinajstić information content (AvgIpc) is 3.52. The van der Waals surface area contributed by atoms with Gasteiger partial charge >= 0.3 is 6.36 Å². The van der Waals surface area contributed by atoms with Crippen LogP contribution in [0, 0.1) is 5.41 Å². The Bertz CT molecular complexity index is 1220. The molecule has 3 heterocycles. The number of hydrogen-bond acceptors (Lipinski definition) is 7. The summed E-state index contributed by atoms with van der Waals surface area (Å²) in [5.74, 6) is -0.195. The third-order valence-electron chi connectivity index (χ3n) is 5.45. The zero-order chi connectivity index (χ0) is 26.3. The van der Waals surface area contributed by atoms with E-state index in [4.69, 9.17) is 11.1 Å². The Balaban J connectivity index is 0.00000176. The highest BCUT2D eigenvalue weighted by Gasteiger charge is 2.32. The van der Waals surface area contributed by atoms with Gasteiger partial charge in [0.15, 0.2) is 10.8 Å². The van der Waals surface area contributed by atoms with Crippen LogP contribution in [-0.4, -0.2) is 56.4 Å². The SMILES string of the molecule is CCl.N=CN=C(N)c1cc2c(cn1)nc(COC(F)(F)F)n2C1CCCC(NC(=O)c2nccs2)C1. The molecule has 36 heavy (non-hydrogen) atoms. The molecule has 15 heteroatoms. The number of carbonyl (C=O) groups is 1. The van der Waals surface area contributed by atoms with Gasteiger partial charge in [-0.2, -0.15) is 0 Å². The number of halogens is 4. The molecule has 194 valence electrons. The van der Waals surface area contributed by atoms with Gasteiger partial charge in [-0.1, -0.05) is 0 Å². The van der Waals surface area contributed by atoms with Gasteiger partial charge in [-0.3, -0.25) is 19.9 Å². The molecule has 2 atom stereocenters. The zero-order valence-corrected chi connectivity index (χ0v) is 20.7. The molecule has 1 aliphatic rings. The van der Waals surface area contributed by atoms with E-state index in [0.717, 1.165) is 19.2 Å². The Morgan fingerprint density at radius 1 is 1.42 bits per heavy atom. The average molecular weight is 545 g/mol. The van der Waals surface area contributed by atoms with Gasteiger partial charge in [0.2, 0.25) is 0 Å². The molecule has 4 rings (SSSR count). The van der Waals surface area contributed by atoms with Crippen LogP contribution in [-0.2, 0) is 11.3 Å². The van der Waals surface area contributed by atoms with E-state index in [1.807, 2.05) is 0 Å². The fourth-order valence-electron chi connectivity index (χ4n) is 4.09. The first kappa shape index (κ1) is 27.5. The molecule has 0 spiro atoms. The summed E-state index contributed by atoms with van der Waals surface area (Å²) in [6.07, 6.45) is 3.03. The second-order valence-corrected chi connectivity index (χ2v) is 8.56. The summed E-state index contributed by atoms with van der Waals surface area (Å²) in [6.45, 7) is -0.774. The normalized spacial score (nSPS) is 18.4. The first-order valence-corrected chi connectivity index (χ1v) is 12.4. The van der Waals surface area contributed by atoms with E-state index in [2.05, 4.69) is 41.6 Å². The minimum absolute atomic E-state index is 0.00465. The minimum Gasteiger partial charge on any atom is -0.382 e. The summed E-state index contributed by atoms with van der Waals surface area (Å²) in [6, 6.07) is 1.15. The van der Waals surface area contributed by atoms with E-state index in [-0.39, 0.29) is 35.3 Å². The number of nitrogens with one attached hydrogen (secondary N) is 2. The molecule has 0 saturated heterocycles. The summed E-state index contributed by atoms with van der Waals surface area (Å²) >= 11 is 5.87. The maximum Gasteiger partial charge on any atom is 0.522 e. The predicted octanol–water partition coefficient (Wildman–Crippen LogP) is 4.01. The summed E-state index contributed by atoms with van der Waals surface area (Å²) in [5.41, 5.74) is 7.02. The van der Waals surface area contributed by atoms with Gasteiger partial charge in [0.1, 0.15) is 30.0 Å². The highest BCUT2D eigenvalue weighted by molar-refractivity contribution is 7.11. The van der Waals surface area contributed by atoms with Crippen LogP contribution in [0.1, 0.15) is 53.0 Å². The molecule has 1 saturated carbocycles. The van der Waals surface area contributed by atoms with E-state index >= 15 is 0 Å². The van der Waals surface area contributed by atoms with Crippen LogP contribution in [0.15, 0.2) is 28.8 Å². The molecule has 2 unspecified atom stereocenters. The number of nitrogens with two attached hydrogens (primary N) is 1. The number of nitrogens with zero attached hydrogens (tertiary/aromatic N) is 5. The van der Waals surface area contributed by atoms with Gasteiger partial charge in [0, 0.05) is 30.0 Å². The molecule has 1 fully saturated rings. The van der Waals surface area contributed by atoms with Crippen molar-refractivity contribution in [3.8, 4) is 0 Å². The molecule has 1 amide bonds. The number of aromatic nitrogens is 4. The first-order chi connectivity index (χ1) is 17.2. The highest BCUT2D eigenvalue weighted by Crippen LogP contribution is 2.34. The number of amides is 1. The molecule has 3 aromatic heterocycles. The van der Waals surface area contributed by atoms with Gasteiger partial charge in [-0.05, 0) is 31.7 Å². The number of amidine groups is 1. The van der Waals surface area contributed by atoms with Gasteiger partial charge in [0.05, 0.1) is 11.7 Å². The third kappa shape index (κ3) is 6.77. The third-order valence-corrected chi connectivity index (χ3v) is 6.23. The van der Waals surface area contributed by atoms with Gasteiger partial charge < -0.3 is 15.6 Å². The van der Waals surface area contributed by atoms with Crippen molar-refractivity contribution in [2.75, 3.05) is 6.38 Å². The van der Waals surface area contributed by atoms with Crippen LogP contribution >= 0.6 is 22.9 Å². The van der Waals surface area contributed by atoms with Crippen molar-refractivity contribution < 1.29 is 22.7 Å². The number of aliphatic imine (C=N–C) groups is 1. The second-order valence-electron chi connectivity index (χ2n) is 7.66. The Labute approximate surface area is 213 Å². The molecular formula is C21H24ClF3N8O2S. The van der Waals surface area contributed by atoms with Gasteiger partial charge in [0.25, 0.3) is 5.91 Å². The Kier molecular flexibility index (Phi) is 9.34. The highest BCUT2D eigenvalue weighted by atomic mass is 35.5. The molecule has 0 aromatic carbocycles. The van der Waals surface area contributed by atoms with Crippen molar-refractivity contribution in [3.05, 3.63) is 40.4 Å². The van der Waals surface area contributed by atoms with Gasteiger partial charge in [-0.25, -0.2) is 15.0 Å². The summed E-state index contributed by atoms with van der Waals surface area (Å²) in [4.78, 5) is 28.7. The van der Waals surface area contributed by atoms with Crippen molar-refractivity contribution in [2.24, 2.45) is 10.7 Å². The molecule has 0 aliphatic heterocycles. The summed E-state index contributed by atoms with van der Waals surface area (Å²) < 4.78 is 44.1. The largest absolute Gasteiger partial charge is 0.522 e. The van der Waals surface area contributed by atoms with Crippen molar-refractivity contribution in [1.82, 2.24) is 24.8 Å². The molecule has 4 N–H and O–H groups in total. The fourth-order valence-corrected chi connectivity index (χ4v) is 4.63. The first-order valence-electron chi connectivity index (χ1n) is 10.7. The lowest BCUT2D eigenvalue weighted by Crippen LogP contribution is -2.39. The lowest BCUT2D eigenvalue weighted by atomic mass is 9.90. The zero-order valence-electron chi connectivity index (χ0n) is 19.1. The monoisotopic (exact) mass is 544 g/mol. The van der Waals surface area contributed by atoms with Crippen LogP contribution in [0.3, 0.4) is 0 Å². The van der Waals surface area contributed by atoms with E-state index in [1.54, 1.807) is 22.2 Å². The molecule has 1 aliphatic carbocycles. The maximum atomic E-state index is 12.8. The van der Waals surface area contributed by atoms with Crippen molar-refractivity contribution in [1.29, 1.82) is 5.41 Å². The Morgan fingerprint density at radius 3 is 2.86 bits per heavy atom. The number of thiazole rings is 1. The Morgan fingerprint density at radius 2 is 2.19 bits per heavy atom.